The minimum atomic E-state index is -4.62. The average molecular weight is 393 g/mol. The SMILES string of the molecule is CCN(CC)C(=O)c1sc2nc(-c3ccccc3)cc(C(F)(F)F)c2c1N. The van der Waals surface area contributed by atoms with E-state index in [-0.39, 0.29) is 32.4 Å². The Labute approximate surface area is 158 Å². The van der Waals surface area contributed by atoms with Crippen LogP contribution in [0.3, 0.4) is 0 Å². The van der Waals surface area contributed by atoms with Gasteiger partial charge in [-0.2, -0.15) is 13.2 Å². The molecule has 8 heteroatoms. The molecule has 0 aliphatic carbocycles. The molecule has 3 aromatic rings. The number of alkyl halides is 3. The van der Waals surface area contributed by atoms with Gasteiger partial charge in [0, 0.05) is 24.0 Å². The zero-order chi connectivity index (χ0) is 19.8. The van der Waals surface area contributed by atoms with E-state index in [0.717, 1.165) is 17.4 Å². The lowest BCUT2D eigenvalue weighted by Crippen LogP contribution is -2.30. The fraction of sp³-hybridized carbons (Fsp3) is 0.263. The summed E-state index contributed by atoms with van der Waals surface area (Å²) >= 11 is 0.903. The van der Waals surface area contributed by atoms with Crippen molar-refractivity contribution in [2.45, 2.75) is 20.0 Å². The van der Waals surface area contributed by atoms with E-state index >= 15 is 0 Å². The largest absolute Gasteiger partial charge is 0.417 e. The summed E-state index contributed by atoms with van der Waals surface area (Å²) < 4.78 is 41.2. The number of nitrogens with zero attached hydrogens (tertiary/aromatic N) is 2. The van der Waals surface area contributed by atoms with Crippen LogP contribution in [0, 0.1) is 0 Å². The molecule has 0 saturated heterocycles. The van der Waals surface area contributed by atoms with E-state index in [1.807, 2.05) is 0 Å². The van der Waals surface area contributed by atoms with Gasteiger partial charge >= 0.3 is 6.18 Å². The maximum absolute atomic E-state index is 13.7. The standard InChI is InChI=1S/C19H18F3N3OS/c1-3-25(4-2)18(26)16-15(23)14-12(19(20,21)22)10-13(24-17(14)27-16)11-8-6-5-7-9-11/h5-10H,3-4,23H2,1-2H3. The fourth-order valence-corrected chi connectivity index (χ4v) is 4.00. The summed E-state index contributed by atoms with van der Waals surface area (Å²) in [6.07, 6.45) is -4.62. The van der Waals surface area contributed by atoms with E-state index in [4.69, 9.17) is 5.73 Å². The number of benzene rings is 1. The molecule has 0 radical (unpaired) electrons. The lowest BCUT2D eigenvalue weighted by molar-refractivity contribution is -0.136. The Balaban J connectivity index is 2.27. The highest BCUT2D eigenvalue weighted by atomic mass is 32.1. The van der Waals surface area contributed by atoms with Crippen molar-refractivity contribution < 1.29 is 18.0 Å². The number of fused-ring (bicyclic) bond motifs is 1. The molecule has 0 bridgehead atoms. The zero-order valence-corrected chi connectivity index (χ0v) is 15.6. The topological polar surface area (TPSA) is 59.2 Å². The number of nitrogens with two attached hydrogens (primary N) is 1. The second-order valence-corrected chi connectivity index (χ2v) is 6.92. The highest BCUT2D eigenvalue weighted by molar-refractivity contribution is 7.21. The Morgan fingerprint density at radius 2 is 1.81 bits per heavy atom. The number of thiophene rings is 1. The number of hydrogen-bond acceptors (Lipinski definition) is 4. The van der Waals surface area contributed by atoms with E-state index in [0.29, 0.717) is 18.7 Å². The third kappa shape index (κ3) is 3.49. The highest BCUT2D eigenvalue weighted by Gasteiger charge is 2.36. The molecule has 0 spiro atoms. The lowest BCUT2D eigenvalue weighted by Gasteiger charge is -2.17. The van der Waals surface area contributed by atoms with Crippen molar-refractivity contribution >= 4 is 33.1 Å². The highest BCUT2D eigenvalue weighted by Crippen LogP contribution is 2.43. The van der Waals surface area contributed by atoms with E-state index in [2.05, 4.69) is 4.98 Å². The van der Waals surface area contributed by atoms with Crippen molar-refractivity contribution in [1.29, 1.82) is 0 Å². The molecule has 0 atom stereocenters. The van der Waals surface area contributed by atoms with Gasteiger partial charge in [0.1, 0.15) is 9.71 Å². The number of amides is 1. The normalized spacial score (nSPS) is 11.7. The molecule has 0 aliphatic rings. The van der Waals surface area contributed by atoms with Crippen molar-refractivity contribution in [3.05, 3.63) is 46.8 Å². The Morgan fingerprint density at radius 3 is 2.37 bits per heavy atom. The van der Waals surface area contributed by atoms with Crippen LogP contribution in [0.5, 0.6) is 0 Å². The minimum absolute atomic E-state index is 0.0944. The van der Waals surface area contributed by atoms with Gasteiger partial charge in [0.05, 0.1) is 16.9 Å². The predicted octanol–water partition coefficient (Wildman–Crippen LogP) is 5.05. The number of aromatic nitrogens is 1. The van der Waals surface area contributed by atoms with Gasteiger partial charge in [-0.05, 0) is 19.9 Å². The van der Waals surface area contributed by atoms with Gasteiger partial charge < -0.3 is 10.6 Å². The summed E-state index contributed by atoms with van der Waals surface area (Å²) in [6.45, 7) is 4.49. The summed E-state index contributed by atoms with van der Waals surface area (Å²) in [7, 11) is 0. The second kappa shape index (κ2) is 7.19. The summed E-state index contributed by atoms with van der Waals surface area (Å²) in [5.74, 6) is -0.380. The van der Waals surface area contributed by atoms with Crippen LogP contribution < -0.4 is 5.73 Å². The van der Waals surface area contributed by atoms with E-state index in [1.54, 1.807) is 44.2 Å². The molecule has 0 aliphatic heterocycles. The Kier molecular flexibility index (Phi) is 5.10. The quantitative estimate of drug-likeness (QED) is 0.675. The Bertz CT molecular complexity index is 979. The third-order valence-corrected chi connectivity index (χ3v) is 5.41. The van der Waals surface area contributed by atoms with Crippen molar-refractivity contribution in [3.8, 4) is 11.3 Å². The molecule has 3 rings (SSSR count). The molecule has 142 valence electrons. The van der Waals surface area contributed by atoms with E-state index in [1.165, 1.54) is 4.90 Å². The second-order valence-electron chi connectivity index (χ2n) is 5.92. The van der Waals surface area contributed by atoms with Gasteiger partial charge in [-0.15, -0.1) is 11.3 Å². The number of rotatable bonds is 4. The van der Waals surface area contributed by atoms with Crippen LogP contribution in [0.4, 0.5) is 18.9 Å². The molecule has 2 N–H and O–H groups in total. The molecule has 2 aromatic heterocycles. The van der Waals surface area contributed by atoms with Crippen LogP contribution >= 0.6 is 11.3 Å². The van der Waals surface area contributed by atoms with Crippen LogP contribution in [0.2, 0.25) is 0 Å². The number of hydrogen-bond donors (Lipinski definition) is 1. The molecule has 0 saturated carbocycles. The number of carbonyl (C=O) groups excluding carboxylic acids is 1. The monoisotopic (exact) mass is 393 g/mol. The number of nitrogen functional groups attached to an aromatic ring is 1. The number of halogens is 3. The van der Waals surface area contributed by atoms with Gasteiger partial charge in [0.15, 0.2) is 0 Å². The molecule has 27 heavy (non-hydrogen) atoms. The van der Waals surface area contributed by atoms with Crippen LogP contribution in [0.1, 0.15) is 29.1 Å². The van der Waals surface area contributed by atoms with E-state index in [9.17, 15) is 18.0 Å². The summed E-state index contributed by atoms with van der Waals surface area (Å²) in [6, 6.07) is 9.60. The maximum Gasteiger partial charge on any atom is 0.417 e. The molecule has 2 heterocycles. The Morgan fingerprint density at radius 1 is 1.19 bits per heavy atom. The van der Waals surface area contributed by atoms with Gasteiger partial charge in [0.2, 0.25) is 0 Å². The van der Waals surface area contributed by atoms with Crippen LogP contribution in [0.25, 0.3) is 21.5 Å². The van der Waals surface area contributed by atoms with Crippen molar-refractivity contribution in [2.24, 2.45) is 0 Å². The van der Waals surface area contributed by atoms with Gasteiger partial charge in [-0.1, -0.05) is 30.3 Å². The van der Waals surface area contributed by atoms with Gasteiger partial charge in [-0.3, -0.25) is 4.79 Å². The van der Waals surface area contributed by atoms with Gasteiger partial charge in [0.25, 0.3) is 5.91 Å². The number of carbonyl (C=O) groups is 1. The first-order valence-corrected chi connectivity index (χ1v) is 9.24. The first-order valence-electron chi connectivity index (χ1n) is 8.42. The smallest absolute Gasteiger partial charge is 0.397 e. The maximum atomic E-state index is 13.7. The molecular formula is C19H18F3N3OS. The predicted molar refractivity (Wildman–Crippen MR) is 102 cm³/mol. The lowest BCUT2D eigenvalue weighted by atomic mass is 10.1. The first-order chi connectivity index (χ1) is 12.8. The molecule has 0 fully saturated rings. The van der Waals surface area contributed by atoms with Crippen LogP contribution in [-0.4, -0.2) is 28.9 Å². The summed E-state index contributed by atoms with van der Waals surface area (Å²) in [5.41, 5.74) is 5.72. The van der Waals surface area contributed by atoms with Crippen molar-refractivity contribution in [1.82, 2.24) is 9.88 Å². The molecule has 0 unspecified atom stereocenters. The zero-order valence-electron chi connectivity index (χ0n) is 14.8. The first kappa shape index (κ1) is 19.2. The number of pyridine rings is 1. The summed E-state index contributed by atoms with van der Waals surface area (Å²) in [4.78, 5) is 18.7. The van der Waals surface area contributed by atoms with Crippen LogP contribution in [-0.2, 0) is 6.18 Å². The van der Waals surface area contributed by atoms with Crippen LogP contribution in [0.15, 0.2) is 36.4 Å². The molecule has 1 amide bonds. The van der Waals surface area contributed by atoms with Crippen molar-refractivity contribution in [2.75, 3.05) is 18.8 Å². The minimum Gasteiger partial charge on any atom is -0.397 e. The Hall–Kier alpha value is -2.61. The molecular weight excluding hydrogens is 375 g/mol. The fourth-order valence-electron chi connectivity index (χ4n) is 2.91. The third-order valence-electron chi connectivity index (χ3n) is 4.32. The summed E-state index contributed by atoms with van der Waals surface area (Å²) in [5, 5.41) is -0.206. The average Bonchev–Trinajstić information content (AvgIpc) is 2.98. The van der Waals surface area contributed by atoms with Crippen molar-refractivity contribution in [3.63, 3.8) is 0 Å². The molecule has 4 nitrogen and oxygen atoms in total. The van der Waals surface area contributed by atoms with E-state index < -0.39 is 11.7 Å². The number of anilines is 1. The van der Waals surface area contributed by atoms with Gasteiger partial charge in [-0.25, -0.2) is 4.98 Å². The molecule has 1 aromatic carbocycles.